The molecule has 0 fully saturated rings. The van der Waals surface area contributed by atoms with E-state index < -0.39 is 23.2 Å². The molecule has 0 unspecified atom stereocenters. The molecule has 158 valence electrons. The van der Waals surface area contributed by atoms with Gasteiger partial charge in [-0.25, -0.2) is 13.8 Å². The molecule has 3 aromatic rings. The van der Waals surface area contributed by atoms with Crippen LogP contribution in [0.4, 0.5) is 14.5 Å². The van der Waals surface area contributed by atoms with Gasteiger partial charge in [-0.1, -0.05) is 53.5 Å². The molecule has 0 saturated heterocycles. The Labute approximate surface area is 185 Å². The number of halogens is 3. The number of nitrogens with one attached hydrogen (secondary N) is 1. The number of benzene rings is 2. The van der Waals surface area contributed by atoms with E-state index in [1.54, 1.807) is 22.8 Å². The highest BCUT2D eigenvalue weighted by atomic mass is 79.9. The second kappa shape index (κ2) is 10.2. The van der Waals surface area contributed by atoms with E-state index in [1.165, 1.54) is 6.07 Å². The van der Waals surface area contributed by atoms with Gasteiger partial charge in [0.25, 0.3) is 5.56 Å². The van der Waals surface area contributed by atoms with Crippen LogP contribution >= 0.6 is 27.7 Å². The van der Waals surface area contributed by atoms with Crippen LogP contribution in [-0.4, -0.2) is 21.2 Å². The normalized spacial score (nSPS) is 11.1. The van der Waals surface area contributed by atoms with Crippen molar-refractivity contribution in [3.8, 4) is 0 Å². The summed E-state index contributed by atoms with van der Waals surface area (Å²) in [6.07, 6.45) is 2.76. The van der Waals surface area contributed by atoms with Gasteiger partial charge < -0.3 is 5.32 Å². The SMILES string of the molecule is CCCCCn1c(SCC(=O)Nc2c(F)cccc2F)nc2ccc(Br)cc2c1=O. The van der Waals surface area contributed by atoms with Crippen LogP contribution in [0.5, 0.6) is 0 Å². The third-order valence-electron chi connectivity index (χ3n) is 4.43. The standard InChI is InChI=1S/C21H20BrF2N3O2S/c1-2-3-4-10-27-20(29)14-11-13(22)8-9-17(14)25-21(27)30-12-18(28)26-19-15(23)6-5-7-16(19)24/h5-9,11H,2-4,10,12H2,1H3,(H,26,28). The van der Waals surface area contributed by atoms with Crippen molar-refractivity contribution in [2.45, 2.75) is 37.9 Å². The topological polar surface area (TPSA) is 64.0 Å². The third-order valence-corrected chi connectivity index (χ3v) is 5.90. The maximum absolute atomic E-state index is 13.7. The summed E-state index contributed by atoms with van der Waals surface area (Å²) in [4.78, 5) is 29.8. The summed E-state index contributed by atoms with van der Waals surface area (Å²) in [6, 6.07) is 8.61. The van der Waals surface area contributed by atoms with Crippen molar-refractivity contribution in [2.24, 2.45) is 0 Å². The number of thioether (sulfide) groups is 1. The highest BCUT2D eigenvalue weighted by Gasteiger charge is 2.16. The van der Waals surface area contributed by atoms with Gasteiger partial charge in [0.1, 0.15) is 17.3 Å². The van der Waals surface area contributed by atoms with Crippen LogP contribution < -0.4 is 10.9 Å². The number of anilines is 1. The highest BCUT2D eigenvalue weighted by molar-refractivity contribution is 9.10. The Morgan fingerprint density at radius 1 is 1.20 bits per heavy atom. The molecule has 0 aliphatic rings. The Morgan fingerprint density at radius 3 is 2.63 bits per heavy atom. The third kappa shape index (κ3) is 5.26. The maximum Gasteiger partial charge on any atom is 0.262 e. The molecular formula is C21H20BrF2N3O2S. The van der Waals surface area contributed by atoms with Gasteiger partial charge in [0.05, 0.1) is 16.7 Å². The summed E-state index contributed by atoms with van der Waals surface area (Å²) < 4.78 is 29.8. The monoisotopic (exact) mass is 495 g/mol. The Kier molecular flexibility index (Phi) is 7.60. The van der Waals surface area contributed by atoms with Gasteiger partial charge >= 0.3 is 0 Å². The van der Waals surface area contributed by atoms with Crippen molar-refractivity contribution in [1.82, 2.24) is 9.55 Å². The second-order valence-corrected chi connectivity index (χ2v) is 8.51. The summed E-state index contributed by atoms with van der Waals surface area (Å²) in [5.74, 6) is -2.43. The summed E-state index contributed by atoms with van der Waals surface area (Å²) in [5, 5.41) is 3.14. The van der Waals surface area contributed by atoms with Gasteiger partial charge in [-0.05, 0) is 36.8 Å². The molecule has 0 bridgehead atoms. The number of carbonyl (C=O) groups is 1. The molecule has 9 heteroatoms. The molecule has 1 amide bonds. The summed E-state index contributed by atoms with van der Waals surface area (Å²) in [5.41, 5.74) is -0.141. The van der Waals surface area contributed by atoms with E-state index in [0.29, 0.717) is 22.6 Å². The number of unbranched alkanes of at least 4 members (excludes halogenated alkanes) is 2. The fourth-order valence-corrected chi connectivity index (χ4v) is 4.11. The molecule has 1 N–H and O–H groups in total. The number of para-hydroxylation sites is 1. The maximum atomic E-state index is 13.7. The van der Waals surface area contributed by atoms with Gasteiger partial charge in [0.2, 0.25) is 5.91 Å². The van der Waals surface area contributed by atoms with E-state index >= 15 is 0 Å². The first kappa shape index (κ1) is 22.4. The molecule has 1 aromatic heterocycles. The number of rotatable bonds is 8. The Morgan fingerprint density at radius 2 is 1.93 bits per heavy atom. The van der Waals surface area contributed by atoms with Crippen LogP contribution in [0, 0.1) is 11.6 Å². The molecule has 3 rings (SSSR count). The van der Waals surface area contributed by atoms with Crippen LogP contribution in [0.2, 0.25) is 0 Å². The Bertz CT molecular complexity index is 1120. The first-order valence-electron chi connectivity index (χ1n) is 9.47. The van der Waals surface area contributed by atoms with Gasteiger partial charge in [0.15, 0.2) is 5.16 Å². The lowest BCUT2D eigenvalue weighted by molar-refractivity contribution is -0.113. The van der Waals surface area contributed by atoms with E-state index in [-0.39, 0.29) is 11.3 Å². The lowest BCUT2D eigenvalue weighted by Crippen LogP contribution is -2.24. The van der Waals surface area contributed by atoms with Gasteiger partial charge in [-0.3, -0.25) is 14.2 Å². The molecule has 0 aliphatic carbocycles. The van der Waals surface area contributed by atoms with E-state index in [9.17, 15) is 18.4 Å². The van der Waals surface area contributed by atoms with Crippen LogP contribution in [0.25, 0.3) is 10.9 Å². The average molecular weight is 496 g/mol. The predicted molar refractivity (Wildman–Crippen MR) is 119 cm³/mol. The lowest BCUT2D eigenvalue weighted by Gasteiger charge is -2.13. The first-order chi connectivity index (χ1) is 14.4. The van der Waals surface area contributed by atoms with Gasteiger partial charge in [-0.15, -0.1) is 0 Å². The van der Waals surface area contributed by atoms with Crippen LogP contribution in [0.15, 0.2) is 50.8 Å². The van der Waals surface area contributed by atoms with Crippen LogP contribution in [-0.2, 0) is 11.3 Å². The molecular weight excluding hydrogens is 476 g/mol. The zero-order valence-electron chi connectivity index (χ0n) is 16.3. The Balaban J connectivity index is 1.84. The highest BCUT2D eigenvalue weighted by Crippen LogP contribution is 2.22. The number of hydrogen-bond acceptors (Lipinski definition) is 4. The number of aromatic nitrogens is 2. The molecule has 0 spiro atoms. The minimum absolute atomic E-state index is 0.143. The van der Waals surface area contributed by atoms with Crippen molar-refractivity contribution in [3.63, 3.8) is 0 Å². The fourth-order valence-electron chi connectivity index (χ4n) is 2.92. The summed E-state index contributed by atoms with van der Waals surface area (Å²) in [6.45, 7) is 2.55. The molecule has 1 heterocycles. The molecule has 5 nitrogen and oxygen atoms in total. The number of amides is 1. The minimum Gasteiger partial charge on any atom is -0.320 e. The van der Waals surface area contributed by atoms with Crippen molar-refractivity contribution < 1.29 is 13.6 Å². The zero-order chi connectivity index (χ0) is 21.7. The molecule has 0 radical (unpaired) electrons. The fraction of sp³-hybridized carbons (Fsp3) is 0.286. The largest absolute Gasteiger partial charge is 0.320 e. The molecule has 0 atom stereocenters. The Hall–Kier alpha value is -2.26. The van der Waals surface area contributed by atoms with Crippen molar-refractivity contribution in [3.05, 3.63) is 62.9 Å². The minimum atomic E-state index is -0.848. The van der Waals surface area contributed by atoms with E-state index in [0.717, 1.165) is 47.6 Å². The molecule has 2 aromatic carbocycles. The van der Waals surface area contributed by atoms with E-state index in [4.69, 9.17) is 0 Å². The smallest absolute Gasteiger partial charge is 0.262 e. The van der Waals surface area contributed by atoms with Gasteiger partial charge in [-0.2, -0.15) is 0 Å². The first-order valence-corrected chi connectivity index (χ1v) is 11.2. The second-order valence-electron chi connectivity index (χ2n) is 6.65. The summed E-state index contributed by atoms with van der Waals surface area (Å²) >= 11 is 4.43. The number of carbonyl (C=O) groups excluding carboxylic acids is 1. The van der Waals surface area contributed by atoms with Crippen molar-refractivity contribution in [1.29, 1.82) is 0 Å². The number of nitrogens with zero attached hydrogens (tertiary/aromatic N) is 2. The van der Waals surface area contributed by atoms with Gasteiger partial charge in [0, 0.05) is 11.0 Å². The molecule has 0 saturated carbocycles. The van der Waals surface area contributed by atoms with Crippen LogP contribution in [0.3, 0.4) is 0 Å². The number of fused-ring (bicyclic) bond motifs is 1. The zero-order valence-corrected chi connectivity index (χ0v) is 18.7. The summed E-state index contributed by atoms with van der Waals surface area (Å²) in [7, 11) is 0. The lowest BCUT2D eigenvalue weighted by atomic mass is 10.2. The van der Waals surface area contributed by atoms with Crippen LogP contribution in [0.1, 0.15) is 26.2 Å². The van der Waals surface area contributed by atoms with E-state index in [1.807, 2.05) is 0 Å². The van der Waals surface area contributed by atoms with Crippen molar-refractivity contribution >= 4 is 50.2 Å². The quantitative estimate of drug-likeness (QED) is 0.259. The molecule has 0 aliphatic heterocycles. The predicted octanol–water partition coefficient (Wildman–Crippen LogP) is 5.36. The molecule has 30 heavy (non-hydrogen) atoms. The van der Waals surface area contributed by atoms with Crippen molar-refractivity contribution in [2.75, 3.05) is 11.1 Å². The average Bonchev–Trinajstić information content (AvgIpc) is 2.72. The van der Waals surface area contributed by atoms with E-state index in [2.05, 4.69) is 33.2 Å². The number of hydrogen-bond donors (Lipinski definition) is 1.